The van der Waals surface area contributed by atoms with E-state index in [1.807, 2.05) is 0 Å². The summed E-state index contributed by atoms with van der Waals surface area (Å²) in [6.07, 6.45) is -0.744. The molecule has 0 aliphatic rings. The average Bonchev–Trinajstić information content (AvgIpc) is 2.49. The first-order valence-electron chi connectivity index (χ1n) is 3.95. The quantitative estimate of drug-likeness (QED) is 0.637. The second-order valence-electron chi connectivity index (χ2n) is 2.85. The molecule has 88 valence electrons. The Labute approximate surface area is 101 Å². The van der Waals surface area contributed by atoms with Crippen molar-refractivity contribution in [1.82, 2.24) is 4.72 Å². The van der Waals surface area contributed by atoms with Gasteiger partial charge in [0, 0.05) is 5.38 Å². The van der Waals surface area contributed by atoms with Crippen molar-refractivity contribution in [3.8, 4) is 0 Å². The summed E-state index contributed by atoms with van der Waals surface area (Å²) in [5.41, 5.74) is 0. The van der Waals surface area contributed by atoms with E-state index in [1.54, 1.807) is 5.38 Å². The van der Waals surface area contributed by atoms with Crippen molar-refractivity contribution >= 4 is 50.4 Å². The Hall–Kier alpha value is -1.05. The molecule has 0 aliphatic heterocycles. The van der Waals surface area contributed by atoms with E-state index in [0.29, 0.717) is 9.23 Å². The van der Waals surface area contributed by atoms with Gasteiger partial charge in [0.15, 0.2) is 0 Å². The van der Waals surface area contributed by atoms with Gasteiger partial charge in [-0.15, -0.1) is 11.3 Å². The van der Waals surface area contributed by atoms with Gasteiger partial charge in [0.05, 0.1) is 14.7 Å². The van der Waals surface area contributed by atoms with Crippen LogP contribution in [0.25, 0.3) is 0 Å². The predicted molar refractivity (Wildman–Crippen MR) is 63.3 cm³/mol. The molecule has 1 aromatic rings. The van der Waals surface area contributed by atoms with Crippen molar-refractivity contribution in [2.24, 2.45) is 0 Å². The van der Waals surface area contributed by atoms with Gasteiger partial charge in [0.25, 0.3) is 0 Å². The number of carboxylic acids is 1. The van der Waals surface area contributed by atoms with Crippen LogP contribution >= 0.6 is 22.9 Å². The van der Waals surface area contributed by atoms with E-state index in [9.17, 15) is 13.8 Å². The maximum atomic E-state index is 11.9. The van der Waals surface area contributed by atoms with Gasteiger partial charge in [-0.05, 0) is 11.9 Å². The van der Waals surface area contributed by atoms with Crippen molar-refractivity contribution < 1.29 is 18.9 Å². The third-order valence-electron chi connectivity index (χ3n) is 1.46. The van der Waals surface area contributed by atoms with Crippen molar-refractivity contribution in [3.63, 3.8) is 0 Å². The molecule has 1 amide bonds. The lowest BCUT2D eigenvalue weighted by molar-refractivity contribution is -0.140. The molecule has 1 unspecified atom stereocenters. The zero-order chi connectivity index (χ0) is 12.3. The molecule has 0 saturated carbocycles. The molecule has 1 atom stereocenters. The summed E-state index contributed by atoms with van der Waals surface area (Å²) in [6, 6.07) is 1.42. The number of halogens is 1. The summed E-state index contributed by atoms with van der Waals surface area (Å²) >= 11 is 6.72. The Balaban J connectivity index is 2.80. The lowest BCUT2D eigenvalue weighted by Gasteiger charge is -2.07. The van der Waals surface area contributed by atoms with Crippen LogP contribution in [0.5, 0.6) is 0 Å². The van der Waals surface area contributed by atoms with E-state index in [1.165, 1.54) is 6.07 Å². The molecular formula is C8H8ClNO4S2. The fourth-order valence-electron chi connectivity index (χ4n) is 0.876. The van der Waals surface area contributed by atoms with Gasteiger partial charge in [0.1, 0.15) is 10.6 Å². The lowest BCUT2D eigenvalue weighted by Crippen LogP contribution is -2.31. The second-order valence-corrected chi connectivity index (χ2v) is 6.46. The van der Waals surface area contributed by atoms with Crippen LogP contribution in [0.1, 0.15) is 6.42 Å². The monoisotopic (exact) mass is 281 g/mol. The number of carbonyl (C=O) groups excluding carboxylic acids is 1. The first-order chi connectivity index (χ1) is 7.31. The van der Waals surface area contributed by atoms with Crippen molar-refractivity contribution in [2.75, 3.05) is 0 Å². The number of hydrogen-bond donors (Lipinski definition) is 2. The van der Waals surface area contributed by atoms with E-state index < -0.39 is 28.0 Å². The van der Waals surface area contributed by atoms with Crippen molar-refractivity contribution in [3.05, 3.63) is 16.5 Å². The number of aliphatic carboxylic acids is 1. The van der Waals surface area contributed by atoms with Gasteiger partial charge in [-0.3, -0.25) is 14.3 Å². The van der Waals surface area contributed by atoms with Crippen LogP contribution < -0.4 is 4.72 Å². The standard InChI is InChI=1S/C8H8ClNO4S2/c1-16(14,8-2-5(9)4-15-8)10-6(11)3-7(12)13/h2,4H,1,3H2,(H,12,13)(H,10,11,14). The van der Waals surface area contributed by atoms with E-state index in [4.69, 9.17) is 16.7 Å². The fourth-order valence-corrected chi connectivity index (χ4v) is 3.49. The molecule has 2 N–H and O–H groups in total. The number of carboxylic acid groups (broad SMARTS) is 1. The van der Waals surface area contributed by atoms with E-state index in [-0.39, 0.29) is 0 Å². The number of rotatable bonds is 4. The van der Waals surface area contributed by atoms with Gasteiger partial charge in [0.2, 0.25) is 5.91 Å². The number of amides is 1. The molecule has 0 saturated heterocycles. The zero-order valence-corrected chi connectivity index (χ0v) is 10.3. The average molecular weight is 282 g/mol. The van der Waals surface area contributed by atoms with Crippen LogP contribution in [0.4, 0.5) is 0 Å². The minimum atomic E-state index is -3.01. The minimum Gasteiger partial charge on any atom is -0.481 e. The Morgan fingerprint density at radius 2 is 2.25 bits per heavy atom. The van der Waals surface area contributed by atoms with Gasteiger partial charge in [-0.25, -0.2) is 4.21 Å². The third kappa shape index (κ3) is 3.51. The summed E-state index contributed by atoms with van der Waals surface area (Å²) in [5.74, 6) is 1.21. The smallest absolute Gasteiger partial charge is 0.312 e. The maximum Gasteiger partial charge on any atom is 0.312 e. The molecule has 0 bridgehead atoms. The van der Waals surface area contributed by atoms with Crippen LogP contribution in [0.3, 0.4) is 0 Å². The third-order valence-corrected chi connectivity index (χ3v) is 4.95. The topological polar surface area (TPSA) is 83.5 Å². The van der Waals surface area contributed by atoms with Crippen LogP contribution in [0.2, 0.25) is 5.02 Å². The highest BCUT2D eigenvalue weighted by molar-refractivity contribution is 8.00. The minimum absolute atomic E-state index is 0.302. The molecule has 5 nitrogen and oxygen atoms in total. The SMILES string of the molecule is C=S(=O)(NC(=O)CC(=O)O)c1cc(Cl)cs1. The highest BCUT2D eigenvalue weighted by Gasteiger charge is 2.15. The predicted octanol–water partition coefficient (Wildman–Crippen LogP) is 0.983. The Kier molecular flexibility index (Phi) is 3.95. The molecular weight excluding hydrogens is 274 g/mol. The van der Waals surface area contributed by atoms with E-state index in [0.717, 1.165) is 11.3 Å². The summed E-state index contributed by atoms with van der Waals surface area (Å²) < 4.78 is 14.3. The van der Waals surface area contributed by atoms with Gasteiger partial charge in [-0.1, -0.05) is 11.6 Å². The second kappa shape index (κ2) is 4.86. The van der Waals surface area contributed by atoms with E-state index in [2.05, 4.69) is 10.6 Å². The molecule has 0 fully saturated rings. The van der Waals surface area contributed by atoms with Crippen molar-refractivity contribution in [2.45, 2.75) is 10.6 Å². The van der Waals surface area contributed by atoms with Gasteiger partial charge >= 0.3 is 5.97 Å². The van der Waals surface area contributed by atoms with Crippen LogP contribution in [-0.4, -0.2) is 27.1 Å². The number of hydrogen-bond acceptors (Lipinski definition) is 4. The molecule has 0 aromatic carbocycles. The first kappa shape index (κ1) is 13.0. The Morgan fingerprint density at radius 1 is 1.62 bits per heavy atom. The highest BCUT2D eigenvalue weighted by Crippen LogP contribution is 2.23. The van der Waals surface area contributed by atoms with Crippen LogP contribution in [-0.2, 0) is 19.3 Å². The molecule has 8 heteroatoms. The van der Waals surface area contributed by atoms with Crippen LogP contribution in [0.15, 0.2) is 15.7 Å². The largest absolute Gasteiger partial charge is 0.481 e. The van der Waals surface area contributed by atoms with Crippen molar-refractivity contribution in [1.29, 1.82) is 0 Å². The molecule has 1 rings (SSSR count). The number of thiophene rings is 1. The summed E-state index contributed by atoms with van der Waals surface area (Å²) in [7, 11) is -3.01. The number of nitrogens with one attached hydrogen (secondary N) is 1. The molecule has 0 radical (unpaired) electrons. The first-order valence-corrected chi connectivity index (χ1v) is 6.93. The summed E-state index contributed by atoms with van der Waals surface area (Å²) in [5, 5.41) is 10.3. The lowest BCUT2D eigenvalue weighted by atomic mass is 10.4. The summed E-state index contributed by atoms with van der Waals surface area (Å²) in [6.45, 7) is 0. The molecule has 0 aliphatic carbocycles. The zero-order valence-electron chi connectivity index (χ0n) is 7.94. The molecule has 1 heterocycles. The van der Waals surface area contributed by atoms with Crippen LogP contribution in [0, 0.1) is 0 Å². The Bertz CT molecular complexity index is 520. The molecule has 16 heavy (non-hydrogen) atoms. The molecule has 1 aromatic heterocycles. The molecule has 0 spiro atoms. The van der Waals surface area contributed by atoms with Gasteiger partial charge < -0.3 is 5.11 Å². The fraction of sp³-hybridized carbons (Fsp3) is 0.125. The van der Waals surface area contributed by atoms with E-state index >= 15 is 0 Å². The van der Waals surface area contributed by atoms with Gasteiger partial charge in [-0.2, -0.15) is 0 Å². The summed E-state index contributed by atoms with van der Waals surface area (Å²) in [4.78, 5) is 21.4. The highest BCUT2D eigenvalue weighted by atomic mass is 35.5. The normalized spacial score (nSPS) is 14.1. The maximum absolute atomic E-state index is 11.9. The Morgan fingerprint density at radius 3 is 2.69 bits per heavy atom. The number of carbonyl (C=O) groups is 2.